The predicted octanol–water partition coefficient (Wildman–Crippen LogP) is 1.51. The molecule has 25 heavy (non-hydrogen) atoms. The molecule has 1 amide bonds. The lowest BCUT2D eigenvalue weighted by atomic mass is 10.3. The zero-order chi connectivity index (χ0) is 18.0. The lowest BCUT2D eigenvalue weighted by molar-refractivity contribution is 0.0934. The summed E-state index contributed by atoms with van der Waals surface area (Å²) in [6, 6.07) is 7.86. The Kier molecular flexibility index (Phi) is 4.52. The van der Waals surface area contributed by atoms with Gasteiger partial charge in [-0.05, 0) is 44.3 Å². The number of benzene rings is 1. The van der Waals surface area contributed by atoms with E-state index in [0.717, 1.165) is 11.4 Å². The summed E-state index contributed by atoms with van der Waals surface area (Å²) in [7, 11) is 0. The van der Waals surface area contributed by atoms with E-state index in [1.54, 1.807) is 12.1 Å². The minimum absolute atomic E-state index is 0.0207. The topological polar surface area (TPSA) is 96.2 Å². The Balaban J connectivity index is 1.65. The van der Waals surface area contributed by atoms with Crippen molar-refractivity contribution < 1.29 is 9.18 Å². The minimum atomic E-state index is -0.597. The van der Waals surface area contributed by atoms with Crippen LogP contribution in [-0.2, 0) is 0 Å². The molecule has 0 bridgehead atoms. The maximum atomic E-state index is 13.5. The van der Waals surface area contributed by atoms with Crippen LogP contribution in [0.1, 0.15) is 22.0 Å². The number of amides is 1. The van der Waals surface area contributed by atoms with Crippen molar-refractivity contribution in [2.45, 2.75) is 13.8 Å². The summed E-state index contributed by atoms with van der Waals surface area (Å²) < 4.78 is 15.0. The fraction of sp³-hybridized carbons (Fsp3) is 0.133. The van der Waals surface area contributed by atoms with E-state index < -0.39 is 11.7 Å². The van der Waals surface area contributed by atoms with Crippen LogP contribution in [0.15, 0.2) is 30.3 Å². The molecule has 0 aliphatic rings. The second-order valence-corrected chi connectivity index (χ2v) is 5.61. The molecule has 2 aromatic heterocycles. The van der Waals surface area contributed by atoms with E-state index in [-0.39, 0.29) is 16.6 Å². The highest BCUT2D eigenvalue weighted by molar-refractivity contribution is 7.80. The Hall–Kier alpha value is -3.14. The molecule has 3 rings (SSSR count). The number of para-hydroxylation sites is 1. The lowest BCUT2D eigenvalue weighted by Gasteiger charge is -2.10. The van der Waals surface area contributed by atoms with Crippen molar-refractivity contribution in [3.63, 3.8) is 0 Å². The van der Waals surface area contributed by atoms with Crippen LogP contribution >= 0.6 is 12.2 Å². The van der Waals surface area contributed by atoms with Crippen LogP contribution < -0.4 is 16.2 Å². The average Bonchev–Trinajstić information content (AvgIpc) is 2.99. The third-order valence-corrected chi connectivity index (χ3v) is 3.44. The number of halogens is 1. The Morgan fingerprint density at radius 2 is 1.96 bits per heavy atom. The van der Waals surface area contributed by atoms with Crippen molar-refractivity contribution in [2.75, 3.05) is 5.32 Å². The number of fused-ring (bicyclic) bond motifs is 1. The van der Waals surface area contributed by atoms with Crippen molar-refractivity contribution in [3.05, 3.63) is 53.4 Å². The summed E-state index contributed by atoms with van der Waals surface area (Å²) in [5, 5.41) is 6.75. The maximum Gasteiger partial charge on any atom is 0.309 e. The molecule has 3 N–H and O–H groups in total. The number of aryl methyl sites for hydroxylation is 2. The smallest absolute Gasteiger partial charge is 0.309 e. The summed E-state index contributed by atoms with van der Waals surface area (Å²) in [5.41, 5.74) is 6.59. The number of carbonyl (C=O) groups excluding carboxylic acids is 1. The second-order valence-electron chi connectivity index (χ2n) is 5.20. The molecular weight excluding hydrogens is 345 g/mol. The Morgan fingerprint density at radius 3 is 2.72 bits per heavy atom. The van der Waals surface area contributed by atoms with E-state index in [1.807, 2.05) is 19.9 Å². The van der Waals surface area contributed by atoms with Gasteiger partial charge in [0.2, 0.25) is 5.82 Å². The largest absolute Gasteiger partial charge is 0.329 e. The third kappa shape index (κ3) is 3.69. The summed E-state index contributed by atoms with van der Waals surface area (Å²) >= 11 is 5.00. The molecule has 0 atom stereocenters. The van der Waals surface area contributed by atoms with Gasteiger partial charge in [-0.3, -0.25) is 15.6 Å². The van der Waals surface area contributed by atoms with Crippen molar-refractivity contribution in [1.82, 2.24) is 30.4 Å². The van der Waals surface area contributed by atoms with Crippen molar-refractivity contribution in [1.29, 1.82) is 0 Å². The number of hydrogen-bond donors (Lipinski definition) is 3. The van der Waals surface area contributed by atoms with Gasteiger partial charge in [-0.2, -0.15) is 4.98 Å². The number of hydrazine groups is 1. The van der Waals surface area contributed by atoms with Gasteiger partial charge in [-0.25, -0.2) is 13.9 Å². The Labute approximate surface area is 147 Å². The summed E-state index contributed by atoms with van der Waals surface area (Å²) in [6.07, 6.45) is 0. The van der Waals surface area contributed by atoms with Gasteiger partial charge in [0.25, 0.3) is 5.78 Å². The first kappa shape index (κ1) is 16.7. The third-order valence-electron chi connectivity index (χ3n) is 3.23. The molecule has 1 aromatic carbocycles. The van der Waals surface area contributed by atoms with Crippen molar-refractivity contribution in [3.8, 4) is 0 Å². The number of nitrogens with zero attached hydrogens (tertiary/aromatic N) is 4. The number of anilines is 1. The monoisotopic (exact) mass is 359 g/mol. The molecular formula is C15H14FN7OS. The fourth-order valence-electron chi connectivity index (χ4n) is 2.15. The first-order chi connectivity index (χ1) is 11.9. The molecule has 0 aliphatic carbocycles. The zero-order valence-corrected chi connectivity index (χ0v) is 14.2. The van der Waals surface area contributed by atoms with Gasteiger partial charge in [0, 0.05) is 11.4 Å². The van der Waals surface area contributed by atoms with E-state index >= 15 is 0 Å². The number of thiocarbonyl (C=S) groups is 1. The van der Waals surface area contributed by atoms with Crippen LogP contribution in [0.4, 0.5) is 10.1 Å². The molecule has 8 nitrogen and oxygen atoms in total. The normalized spacial score (nSPS) is 10.5. The average molecular weight is 359 g/mol. The van der Waals surface area contributed by atoms with Gasteiger partial charge >= 0.3 is 5.91 Å². The van der Waals surface area contributed by atoms with Gasteiger partial charge in [0.15, 0.2) is 5.11 Å². The van der Waals surface area contributed by atoms with Gasteiger partial charge < -0.3 is 5.32 Å². The lowest BCUT2D eigenvalue weighted by Crippen LogP contribution is -2.44. The number of hydrogen-bond acceptors (Lipinski definition) is 5. The molecule has 10 heteroatoms. The summed E-state index contributed by atoms with van der Waals surface area (Å²) in [4.78, 5) is 20.4. The number of carbonyl (C=O) groups is 1. The van der Waals surface area contributed by atoms with E-state index in [1.165, 1.54) is 16.6 Å². The highest BCUT2D eigenvalue weighted by Crippen LogP contribution is 2.11. The Morgan fingerprint density at radius 1 is 1.20 bits per heavy atom. The molecule has 0 saturated heterocycles. The van der Waals surface area contributed by atoms with Crippen molar-refractivity contribution in [2.24, 2.45) is 0 Å². The van der Waals surface area contributed by atoms with Gasteiger partial charge in [-0.1, -0.05) is 12.1 Å². The molecule has 0 unspecified atom stereocenters. The second kappa shape index (κ2) is 6.77. The first-order valence-electron chi connectivity index (χ1n) is 7.27. The minimum Gasteiger partial charge on any atom is -0.329 e. The molecule has 128 valence electrons. The predicted molar refractivity (Wildman–Crippen MR) is 93.5 cm³/mol. The molecule has 2 heterocycles. The quantitative estimate of drug-likeness (QED) is 0.471. The molecule has 0 spiro atoms. The first-order valence-corrected chi connectivity index (χ1v) is 7.68. The Bertz CT molecular complexity index is 972. The van der Waals surface area contributed by atoms with Crippen LogP contribution in [0.5, 0.6) is 0 Å². The van der Waals surface area contributed by atoms with E-state index in [0.29, 0.717) is 5.78 Å². The highest BCUT2D eigenvalue weighted by atomic mass is 32.1. The van der Waals surface area contributed by atoms with Crippen LogP contribution in [0.2, 0.25) is 0 Å². The van der Waals surface area contributed by atoms with Crippen LogP contribution in [0, 0.1) is 19.7 Å². The molecule has 0 fully saturated rings. The molecule has 0 radical (unpaired) electrons. The van der Waals surface area contributed by atoms with E-state index in [9.17, 15) is 9.18 Å². The molecule has 0 aliphatic heterocycles. The molecule has 3 aromatic rings. The van der Waals surface area contributed by atoms with E-state index in [2.05, 4.69) is 31.2 Å². The van der Waals surface area contributed by atoms with Gasteiger partial charge in [0.05, 0.1) is 5.69 Å². The highest BCUT2D eigenvalue weighted by Gasteiger charge is 2.15. The molecule has 0 saturated carbocycles. The maximum absolute atomic E-state index is 13.5. The summed E-state index contributed by atoms with van der Waals surface area (Å²) in [6.45, 7) is 3.67. The fourth-order valence-corrected chi connectivity index (χ4v) is 2.31. The standard InChI is InChI=1S/C15H14FN7OS/c1-8-7-9(2)23-14(17-8)19-12(22-23)13(24)20-21-15(25)18-11-6-4-3-5-10(11)16/h3-7H,1-2H3,(H,20,24)(H2,18,21,25). The SMILES string of the molecule is Cc1cc(C)n2nc(C(=O)NNC(=S)Nc3ccccc3F)nc2n1. The van der Waals surface area contributed by atoms with Gasteiger partial charge in [0.1, 0.15) is 5.82 Å². The number of rotatable bonds is 2. The van der Waals surface area contributed by atoms with Crippen LogP contribution in [-0.4, -0.2) is 30.6 Å². The van der Waals surface area contributed by atoms with Crippen LogP contribution in [0.25, 0.3) is 5.78 Å². The van der Waals surface area contributed by atoms with E-state index in [4.69, 9.17) is 12.2 Å². The number of nitrogens with one attached hydrogen (secondary N) is 3. The zero-order valence-electron chi connectivity index (χ0n) is 13.4. The number of aromatic nitrogens is 4. The van der Waals surface area contributed by atoms with Gasteiger partial charge in [-0.15, -0.1) is 5.10 Å². The van der Waals surface area contributed by atoms with Crippen LogP contribution in [0.3, 0.4) is 0 Å². The summed E-state index contributed by atoms with van der Waals surface area (Å²) in [5.74, 6) is -0.797. The van der Waals surface area contributed by atoms with Crippen molar-refractivity contribution >= 4 is 34.7 Å².